The fourth-order valence-electron chi connectivity index (χ4n) is 1.16. The zero-order valence-electron chi connectivity index (χ0n) is 7.47. The van der Waals surface area contributed by atoms with Crippen LogP contribution in [0.5, 0.6) is 5.06 Å². The van der Waals surface area contributed by atoms with Crippen molar-refractivity contribution in [3.8, 4) is 5.06 Å². The number of hydrogen-bond acceptors (Lipinski definition) is 3. The van der Waals surface area contributed by atoms with Gasteiger partial charge >= 0.3 is 0 Å². The van der Waals surface area contributed by atoms with Crippen molar-refractivity contribution in [2.75, 3.05) is 7.11 Å². The zero-order chi connectivity index (χ0) is 9.26. The van der Waals surface area contributed by atoms with E-state index >= 15 is 0 Å². The molecular formula is C9H12BrNOS. The lowest BCUT2D eigenvalue weighted by molar-refractivity contribution is 0.425. The van der Waals surface area contributed by atoms with Gasteiger partial charge in [-0.15, -0.1) is 11.3 Å². The summed E-state index contributed by atoms with van der Waals surface area (Å²) in [6, 6.07) is 2.89. The maximum atomic E-state index is 5.19. The normalized spacial score (nSPS) is 16.2. The highest BCUT2D eigenvalue weighted by molar-refractivity contribution is 9.10. The lowest BCUT2D eigenvalue weighted by Gasteiger charge is -1.97. The average molecular weight is 262 g/mol. The van der Waals surface area contributed by atoms with Crippen molar-refractivity contribution in [2.24, 2.45) is 0 Å². The quantitative estimate of drug-likeness (QED) is 0.900. The second kappa shape index (κ2) is 3.98. The van der Waals surface area contributed by atoms with Crippen LogP contribution in [0.2, 0.25) is 0 Å². The first-order chi connectivity index (χ1) is 6.29. The Morgan fingerprint density at radius 3 is 3.00 bits per heavy atom. The molecule has 4 heteroatoms. The Morgan fingerprint density at radius 2 is 2.46 bits per heavy atom. The van der Waals surface area contributed by atoms with E-state index in [0.29, 0.717) is 0 Å². The average Bonchev–Trinajstić information content (AvgIpc) is 2.87. The Hall–Kier alpha value is -0.0600. The predicted molar refractivity (Wildman–Crippen MR) is 58.4 cm³/mol. The summed E-state index contributed by atoms with van der Waals surface area (Å²) in [6.07, 6.45) is 2.67. The summed E-state index contributed by atoms with van der Waals surface area (Å²) in [7, 11) is 1.70. The molecule has 1 N–H and O–H groups in total. The van der Waals surface area contributed by atoms with Crippen molar-refractivity contribution < 1.29 is 4.74 Å². The SMILES string of the molecule is COc1sc(CNC2CC2)cc1Br. The van der Waals surface area contributed by atoms with Crippen molar-refractivity contribution in [2.45, 2.75) is 25.4 Å². The largest absolute Gasteiger partial charge is 0.486 e. The van der Waals surface area contributed by atoms with Gasteiger partial charge in [-0.1, -0.05) is 0 Å². The van der Waals surface area contributed by atoms with Crippen LogP contribution in [0.1, 0.15) is 17.7 Å². The van der Waals surface area contributed by atoms with E-state index in [2.05, 4.69) is 27.3 Å². The van der Waals surface area contributed by atoms with Gasteiger partial charge in [0.15, 0.2) is 5.06 Å². The summed E-state index contributed by atoms with van der Waals surface area (Å²) < 4.78 is 6.25. The number of rotatable bonds is 4. The van der Waals surface area contributed by atoms with Crippen LogP contribution in [0, 0.1) is 0 Å². The molecule has 1 saturated carbocycles. The third-order valence-corrected chi connectivity index (χ3v) is 3.98. The molecule has 1 aliphatic carbocycles. The molecule has 0 atom stereocenters. The summed E-state index contributed by atoms with van der Waals surface area (Å²) in [5.74, 6) is 0. The summed E-state index contributed by atoms with van der Waals surface area (Å²) in [5.41, 5.74) is 0. The molecular weight excluding hydrogens is 250 g/mol. The molecule has 2 rings (SSSR count). The van der Waals surface area contributed by atoms with E-state index < -0.39 is 0 Å². The topological polar surface area (TPSA) is 21.3 Å². The number of nitrogens with one attached hydrogen (secondary N) is 1. The lowest BCUT2D eigenvalue weighted by atomic mass is 10.4. The van der Waals surface area contributed by atoms with Crippen molar-refractivity contribution in [1.82, 2.24) is 5.32 Å². The van der Waals surface area contributed by atoms with E-state index in [1.807, 2.05) is 0 Å². The van der Waals surface area contributed by atoms with Gasteiger partial charge in [0.05, 0.1) is 11.6 Å². The van der Waals surface area contributed by atoms with Crippen LogP contribution in [-0.2, 0) is 6.54 Å². The third-order valence-electron chi connectivity index (χ3n) is 2.03. The summed E-state index contributed by atoms with van der Waals surface area (Å²) >= 11 is 5.16. The lowest BCUT2D eigenvalue weighted by Crippen LogP contribution is -2.14. The van der Waals surface area contributed by atoms with E-state index in [4.69, 9.17) is 4.74 Å². The molecule has 13 heavy (non-hydrogen) atoms. The Labute approximate surface area is 90.4 Å². The van der Waals surface area contributed by atoms with Gasteiger partial charge < -0.3 is 10.1 Å². The smallest absolute Gasteiger partial charge is 0.188 e. The second-order valence-corrected chi connectivity index (χ2v) is 5.16. The number of halogens is 1. The van der Waals surface area contributed by atoms with Crippen LogP contribution in [0.15, 0.2) is 10.5 Å². The molecule has 0 saturated heterocycles. The number of thiophene rings is 1. The van der Waals surface area contributed by atoms with E-state index in [-0.39, 0.29) is 0 Å². The molecule has 1 aromatic rings. The third kappa shape index (κ3) is 2.45. The fraction of sp³-hybridized carbons (Fsp3) is 0.556. The Bertz CT molecular complexity index is 296. The first-order valence-electron chi connectivity index (χ1n) is 4.35. The van der Waals surface area contributed by atoms with Gasteiger partial charge in [0.1, 0.15) is 0 Å². The van der Waals surface area contributed by atoms with Crippen molar-refractivity contribution >= 4 is 27.3 Å². The van der Waals surface area contributed by atoms with Crippen LogP contribution in [0.25, 0.3) is 0 Å². The van der Waals surface area contributed by atoms with Crippen molar-refractivity contribution in [3.05, 3.63) is 15.4 Å². The Kier molecular flexibility index (Phi) is 2.91. The van der Waals surface area contributed by atoms with Crippen molar-refractivity contribution in [3.63, 3.8) is 0 Å². The molecule has 2 nitrogen and oxygen atoms in total. The number of ether oxygens (including phenoxy) is 1. The number of hydrogen-bond donors (Lipinski definition) is 1. The van der Waals surface area contributed by atoms with Gasteiger partial charge in [-0.05, 0) is 34.8 Å². The summed E-state index contributed by atoms with van der Waals surface area (Å²) in [6.45, 7) is 0.970. The molecule has 0 radical (unpaired) electrons. The van der Waals surface area contributed by atoms with Crippen LogP contribution in [0.3, 0.4) is 0 Å². The van der Waals surface area contributed by atoms with Gasteiger partial charge in [-0.25, -0.2) is 0 Å². The molecule has 0 spiro atoms. The second-order valence-electron chi connectivity index (χ2n) is 3.21. The van der Waals surface area contributed by atoms with Gasteiger partial charge in [0, 0.05) is 17.5 Å². The maximum Gasteiger partial charge on any atom is 0.188 e. The zero-order valence-corrected chi connectivity index (χ0v) is 9.87. The highest BCUT2D eigenvalue weighted by Gasteiger charge is 2.20. The molecule has 0 bridgehead atoms. The highest BCUT2D eigenvalue weighted by atomic mass is 79.9. The van der Waals surface area contributed by atoms with Gasteiger partial charge in [0.2, 0.25) is 0 Å². The van der Waals surface area contributed by atoms with Gasteiger partial charge in [0.25, 0.3) is 0 Å². The number of methoxy groups -OCH3 is 1. The summed E-state index contributed by atoms with van der Waals surface area (Å²) in [5, 5.41) is 4.44. The molecule has 1 aliphatic rings. The molecule has 0 aliphatic heterocycles. The maximum absolute atomic E-state index is 5.19. The monoisotopic (exact) mass is 261 g/mol. The molecule has 0 unspecified atom stereocenters. The van der Waals surface area contributed by atoms with E-state index in [9.17, 15) is 0 Å². The van der Waals surface area contributed by atoms with Crippen LogP contribution in [-0.4, -0.2) is 13.2 Å². The molecule has 1 aromatic heterocycles. The van der Waals surface area contributed by atoms with Gasteiger partial charge in [-0.2, -0.15) is 0 Å². The molecule has 1 fully saturated rings. The van der Waals surface area contributed by atoms with Crippen LogP contribution in [0.4, 0.5) is 0 Å². The Morgan fingerprint density at radius 1 is 1.69 bits per heavy atom. The first kappa shape index (κ1) is 9.49. The minimum atomic E-state index is 0.770. The molecule has 0 amide bonds. The first-order valence-corrected chi connectivity index (χ1v) is 5.96. The van der Waals surface area contributed by atoms with Crippen molar-refractivity contribution in [1.29, 1.82) is 0 Å². The molecule has 1 heterocycles. The molecule has 0 aromatic carbocycles. The standard InChI is InChI=1S/C9H12BrNOS/c1-12-9-8(10)4-7(13-9)5-11-6-2-3-6/h4,6,11H,2-3,5H2,1H3. The highest BCUT2D eigenvalue weighted by Crippen LogP contribution is 2.34. The molecule has 72 valence electrons. The summed E-state index contributed by atoms with van der Waals surface area (Å²) in [4.78, 5) is 1.33. The van der Waals surface area contributed by atoms with E-state index in [0.717, 1.165) is 22.1 Å². The predicted octanol–water partition coefficient (Wildman–Crippen LogP) is 2.77. The van der Waals surface area contributed by atoms with Crippen LogP contribution >= 0.6 is 27.3 Å². The van der Waals surface area contributed by atoms with E-state index in [1.54, 1.807) is 18.4 Å². The minimum Gasteiger partial charge on any atom is -0.486 e. The van der Waals surface area contributed by atoms with Crippen LogP contribution < -0.4 is 10.1 Å². The fourth-order valence-corrected chi connectivity index (χ4v) is 2.80. The minimum absolute atomic E-state index is 0.770. The van der Waals surface area contributed by atoms with E-state index in [1.165, 1.54) is 17.7 Å². The van der Waals surface area contributed by atoms with Gasteiger partial charge in [-0.3, -0.25) is 0 Å². The Balaban J connectivity index is 1.94.